The summed E-state index contributed by atoms with van der Waals surface area (Å²) in [5.74, 6) is 1.06. The predicted octanol–water partition coefficient (Wildman–Crippen LogP) is 4.50. The number of carbonyl (C=O) groups is 1. The van der Waals surface area contributed by atoms with Crippen LogP contribution in [0.5, 0.6) is 0 Å². The Morgan fingerprint density at radius 1 is 1.00 bits per heavy atom. The van der Waals surface area contributed by atoms with E-state index < -0.39 is 0 Å². The van der Waals surface area contributed by atoms with Gasteiger partial charge in [-0.25, -0.2) is 0 Å². The van der Waals surface area contributed by atoms with Crippen molar-refractivity contribution in [3.8, 4) is 0 Å². The zero-order valence-electron chi connectivity index (χ0n) is 18.1. The van der Waals surface area contributed by atoms with E-state index in [0.717, 1.165) is 44.3 Å². The highest BCUT2D eigenvalue weighted by Gasteiger charge is 2.34. The van der Waals surface area contributed by atoms with Crippen molar-refractivity contribution in [2.45, 2.75) is 44.9 Å². The Morgan fingerprint density at radius 3 is 2.58 bits per heavy atom. The second kappa shape index (κ2) is 8.62. The van der Waals surface area contributed by atoms with Crippen LogP contribution in [0.15, 0.2) is 61.1 Å². The Balaban J connectivity index is 1.37. The first-order valence-corrected chi connectivity index (χ1v) is 11.4. The molecule has 1 unspecified atom stereocenters. The van der Waals surface area contributed by atoms with Crippen molar-refractivity contribution in [1.82, 2.24) is 14.9 Å². The van der Waals surface area contributed by atoms with Gasteiger partial charge >= 0.3 is 0 Å². The van der Waals surface area contributed by atoms with Crippen LogP contribution in [0.4, 0.5) is 0 Å². The summed E-state index contributed by atoms with van der Waals surface area (Å²) < 4.78 is 0. The Bertz CT molecular complexity index is 1070. The molecule has 3 aromatic rings. The van der Waals surface area contributed by atoms with Gasteiger partial charge in [-0.3, -0.25) is 14.8 Å². The maximum atomic E-state index is 12.8. The fraction of sp³-hybridized carbons (Fsp3) is 0.370. The number of aromatic nitrogens is 2. The molecule has 4 nitrogen and oxygen atoms in total. The van der Waals surface area contributed by atoms with Crippen LogP contribution in [-0.2, 0) is 24.1 Å². The van der Waals surface area contributed by atoms with Gasteiger partial charge in [-0.05, 0) is 79.0 Å². The van der Waals surface area contributed by atoms with E-state index in [1.54, 1.807) is 12.4 Å². The van der Waals surface area contributed by atoms with E-state index in [1.807, 2.05) is 23.2 Å². The van der Waals surface area contributed by atoms with E-state index in [2.05, 4.69) is 42.2 Å². The molecular weight excluding hydrogens is 382 g/mol. The van der Waals surface area contributed by atoms with E-state index in [0.29, 0.717) is 18.3 Å². The number of rotatable bonds is 3. The molecular formula is C27H29N3O. The molecule has 5 rings (SSSR count). The summed E-state index contributed by atoms with van der Waals surface area (Å²) in [5.41, 5.74) is 7.93. The van der Waals surface area contributed by atoms with Crippen molar-refractivity contribution >= 4 is 5.91 Å². The van der Waals surface area contributed by atoms with Gasteiger partial charge in [0.05, 0.1) is 12.1 Å². The average molecular weight is 412 g/mol. The monoisotopic (exact) mass is 411 g/mol. The van der Waals surface area contributed by atoms with E-state index >= 15 is 0 Å². The van der Waals surface area contributed by atoms with Gasteiger partial charge in [-0.2, -0.15) is 0 Å². The van der Waals surface area contributed by atoms with E-state index in [4.69, 9.17) is 4.98 Å². The normalized spacial score (nSPS) is 18.7. The minimum Gasteiger partial charge on any atom is -0.342 e. The number of fused-ring (bicyclic) bond motifs is 2. The summed E-state index contributed by atoms with van der Waals surface area (Å²) in [4.78, 5) is 23.8. The first-order chi connectivity index (χ1) is 15.2. The molecule has 1 aliphatic heterocycles. The zero-order chi connectivity index (χ0) is 21.2. The molecule has 1 aliphatic carbocycles. The number of carbonyl (C=O) groups excluding carboxylic acids is 1. The van der Waals surface area contributed by atoms with Crippen LogP contribution in [0.1, 0.15) is 52.3 Å². The van der Waals surface area contributed by atoms with E-state index in [1.165, 1.54) is 27.9 Å². The minimum absolute atomic E-state index is 0.222. The molecule has 31 heavy (non-hydrogen) atoms. The molecule has 3 heterocycles. The number of amides is 1. The lowest BCUT2D eigenvalue weighted by atomic mass is 9.76. The summed E-state index contributed by atoms with van der Waals surface area (Å²) in [5, 5.41) is 0. The predicted molar refractivity (Wildman–Crippen MR) is 122 cm³/mol. The molecule has 0 spiro atoms. The molecule has 4 heteroatoms. The first kappa shape index (κ1) is 19.9. The third-order valence-electron chi connectivity index (χ3n) is 6.99. The fourth-order valence-corrected chi connectivity index (χ4v) is 5.36. The fourth-order valence-electron chi connectivity index (χ4n) is 5.36. The second-order valence-corrected chi connectivity index (χ2v) is 8.98. The van der Waals surface area contributed by atoms with Crippen LogP contribution in [0.3, 0.4) is 0 Å². The summed E-state index contributed by atoms with van der Waals surface area (Å²) in [6.45, 7) is 3.83. The van der Waals surface area contributed by atoms with E-state index in [-0.39, 0.29) is 5.91 Å². The standard InChI is InChI=1S/C27H29N3O/c1-19-4-7-24-23(17-19)6-5-22-3-2-12-29-27(22)26(24)21-10-15-30(16-11-21)25(31)18-20-8-13-28-14-9-20/h2-4,7-9,12-14,17,21,26H,5-6,10-11,15-16,18H2,1H3. The number of aryl methyl sites for hydroxylation is 3. The molecule has 0 saturated carbocycles. The Morgan fingerprint density at radius 2 is 1.77 bits per heavy atom. The summed E-state index contributed by atoms with van der Waals surface area (Å²) >= 11 is 0. The molecule has 2 aliphatic rings. The number of nitrogens with zero attached hydrogens (tertiary/aromatic N) is 3. The third kappa shape index (κ3) is 4.12. The molecule has 0 N–H and O–H groups in total. The second-order valence-electron chi connectivity index (χ2n) is 8.98. The highest BCUT2D eigenvalue weighted by atomic mass is 16.2. The number of hydrogen-bond donors (Lipinski definition) is 0. The van der Waals surface area contributed by atoms with Crippen LogP contribution in [0, 0.1) is 12.8 Å². The van der Waals surface area contributed by atoms with Crippen molar-refractivity contribution < 1.29 is 4.79 Å². The highest BCUT2D eigenvalue weighted by molar-refractivity contribution is 5.78. The molecule has 1 aromatic carbocycles. The lowest BCUT2D eigenvalue weighted by Gasteiger charge is -2.37. The van der Waals surface area contributed by atoms with Gasteiger partial charge in [-0.1, -0.05) is 29.8 Å². The maximum absolute atomic E-state index is 12.8. The number of hydrogen-bond acceptors (Lipinski definition) is 3. The third-order valence-corrected chi connectivity index (χ3v) is 6.99. The number of piperidine rings is 1. The smallest absolute Gasteiger partial charge is 0.226 e. The van der Waals surface area contributed by atoms with Gasteiger partial charge in [0.2, 0.25) is 5.91 Å². The molecule has 1 amide bonds. The molecule has 0 radical (unpaired) electrons. The first-order valence-electron chi connectivity index (χ1n) is 11.4. The zero-order valence-corrected chi connectivity index (χ0v) is 18.1. The quantitative estimate of drug-likeness (QED) is 0.638. The van der Waals surface area contributed by atoms with Gasteiger partial charge in [0.1, 0.15) is 0 Å². The average Bonchev–Trinajstić information content (AvgIpc) is 2.96. The molecule has 1 atom stereocenters. The van der Waals surface area contributed by atoms with Gasteiger partial charge in [0.15, 0.2) is 0 Å². The Labute approximate surface area is 184 Å². The number of pyridine rings is 2. The van der Waals surface area contributed by atoms with Crippen molar-refractivity contribution in [3.05, 3.63) is 94.6 Å². The molecule has 2 aromatic heterocycles. The summed E-state index contributed by atoms with van der Waals surface area (Å²) in [6, 6.07) is 15.1. The van der Waals surface area contributed by atoms with Crippen LogP contribution >= 0.6 is 0 Å². The maximum Gasteiger partial charge on any atom is 0.226 e. The molecule has 1 saturated heterocycles. The highest BCUT2D eigenvalue weighted by Crippen LogP contribution is 2.42. The lowest BCUT2D eigenvalue weighted by molar-refractivity contribution is -0.131. The van der Waals surface area contributed by atoms with Crippen LogP contribution in [-0.4, -0.2) is 33.9 Å². The van der Waals surface area contributed by atoms with Crippen molar-refractivity contribution in [2.24, 2.45) is 5.92 Å². The SMILES string of the molecule is Cc1ccc2c(c1)CCc1cccnc1C2C1CCN(C(=O)Cc2ccncc2)CC1. The van der Waals surface area contributed by atoms with Crippen molar-refractivity contribution in [1.29, 1.82) is 0 Å². The van der Waals surface area contributed by atoms with Crippen molar-refractivity contribution in [3.63, 3.8) is 0 Å². The summed E-state index contributed by atoms with van der Waals surface area (Å²) in [6.07, 6.45) is 10.1. The van der Waals surface area contributed by atoms with Crippen LogP contribution < -0.4 is 0 Å². The molecule has 0 bridgehead atoms. The largest absolute Gasteiger partial charge is 0.342 e. The van der Waals surface area contributed by atoms with Crippen LogP contribution in [0.2, 0.25) is 0 Å². The van der Waals surface area contributed by atoms with Gasteiger partial charge in [0.25, 0.3) is 0 Å². The molecule has 158 valence electrons. The Hall–Kier alpha value is -3.01. The van der Waals surface area contributed by atoms with Crippen LogP contribution in [0.25, 0.3) is 0 Å². The Kier molecular flexibility index (Phi) is 5.54. The van der Waals surface area contributed by atoms with Gasteiger partial charge in [0, 0.05) is 37.6 Å². The minimum atomic E-state index is 0.222. The van der Waals surface area contributed by atoms with Gasteiger partial charge < -0.3 is 4.90 Å². The number of benzene rings is 1. The molecule has 1 fully saturated rings. The lowest BCUT2D eigenvalue weighted by Crippen LogP contribution is -2.40. The topological polar surface area (TPSA) is 46.1 Å². The summed E-state index contributed by atoms with van der Waals surface area (Å²) in [7, 11) is 0. The van der Waals surface area contributed by atoms with E-state index in [9.17, 15) is 4.79 Å². The van der Waals surface area contributed by atoms with Gasteiger partial charge in [-0.15, -0.1) is 0 Å². The van der Waals surface area contributed by atoms with Crippen molar-refractivity contribution in [2.75, 3.05) is 13.1 Å². The number of likely N-dealkylation sites (tertiary alicyclic amines) is 1.